The van der Waals surface area contributed by atoms with Gasteiger partial charge >= 0.3 is 0 Å². The Labute approximate surface area is 68.5 Å². The third-order valence-electron chi connectivity index (χ3n) is 1.19. The van der Waals surface area contributed by atoms with Crippen LogP contribution >= 0.6 is 0 Å². The number of hydrogen-bond donors (Lipinski definition) is 1. The first-order valence-corrected chi connectivity index (χ1v) is 3.68. The molecule has 0 radical (unpaired) electrons. The zero-order chi connectivity index (χ0) is 8.85. The van der Waals surface area contributed by atoms with Crippen molar-refractivity contribution in [1.29, 1.82) is 0 Å². The SMILES string of the molecule is C=C(C)C=N/C=C(\N)C(C)C. The van der Waals surface area contributed by atoms with Gasteiger partial charge in [0.15, 0.2) is 0 Å². The van der Waals surface area contributed by atoms with Gasteiger partial charge in [-0.15, -0.1) is 0 Å². The smallest absolute Gasteiger partial charge is 0.0458 e. The highest BCUT2D eigenvalue weighted by molar-refractivity contribution is 5.77. The summed E-state index contributed by atoms with van der Waals surface area (Å²) in [6, 6.07) is 0. The summed E-state index contributed by atoms with van der Waals surface area (Å²) in [6.45, 7) is 9.63. The van der Waals surface area contributed by atoms with Crippen molar-refractivity contribution < 1.29 is 0 Å². The van der Waals surface area contributed by atoms with Crippen LogP contribution in [0.15, 0.2) is 29.0 Å². The maximum Gasteiger partial charge on any atom is 0.0458 e. The van der Waals surface area contributed by atoms with E-state index in [1.807, 2.05) is 20.8 Å². The highest BCUT2D eigenvalue weighted by Crippen LogP contribution is 2.01. The zero-order valence-corrected chi connectivity index (χ0v) is 7.46. The fourth-order valence-electron chi connectivity index (χ4n) is 0.400. The van der Waals surface area contributed by atoms with Gasteiger partial charge < -0.3 is 5.73 Å². The number of nitrogens with zero attached hydrogens (tertiary/aromatic N) is 1. The van der Waals surface area contributed by atoms with Gasteiger partial charge in [0, 0.05) is 18.1 Å². The molecule has 0 rings (SSSR count). The van der Waals surface area contributed by atoms with Crippen LogP contribution < -0.4 is 5.73 Å². The van der Waals surface area contributed by atoms with Crippen LogP contribution in [-0.4, -0.2) is 6.21 Å². The number of allylic oxidation sites excluding steroid dienone is 2. The summed E-state index contributed by atoms with van der Waals surface area (Å²) >= 11 is 0. The lowest BCUT2D eigenvalue weighted by molar-refractivity contribution is 0.754. The molecule has 0 saturated heterocycles. The van der Waals surface area contributed by atoms with E-state index in [9.17, 15) is 0 Å². The molecule has 0 amide bonds. The Kier molecular flexibility index (Phi) is 4.27. The predicted octanol–water partition coefficient (Wildman–Crippen LogP) is 2.09. The standard InChI is InChI=1S/C9H16N2/c1-7(2)5-11-6-9(10)8(3)4/h5-6,8H,1,10H2,2-4H3/b9-6-,11-5?. The van der Waals surface area contributed by atoms with Crippen molar-refractivity contribution in [2.45, 2.75) is 20.8 Å². The van der Waals surface area contributed by atoms with Crippen LogP contribution in [0.4, 0.5) is 0 Å². The minimum absolute atomic E-state index is 0.359. The van der Waals surface area contributed by atoms with Gasteiger partial charge in [0.2, 0.25) is 0 Å². The van der Waals surface area contributed by atoms with Gasteiger partial charge in [-0.25, -0.2) is 0 Å². The van der Waals surface area contributed by atoms with Crippen LogP contribution in [0.2, 0.25) is 0 Å². The van der Waals surface area contributed by atoms with Crippen molar-refractivity contribution in [2.24, 2.45) is 16.6 Å². The summed E-state index contributed by atoms with van der Waals surface area (Å²) in [5.74, 6) is 0.359. The third-order valence-corrected chi connectivity index (χ3v) is 1.19. The van der Waals surface area contributed by atoms with E-state index in [4.69, 9.17) is 5.73 Å². The monoisotopic (exact) mass is 152 g/mol. The molecule has 0 unspecified atom stereocenters. The lowest BCUT2D eigenvalue weighted by Crippen LogP contribution is -2.03. The van der Waals surface area contributed by atoms with E-state index in [0.717, 1.165) is 11.3 Å². The van der Waals surface area contributed by atoms with Crippen molar-refractivity contribution >= 4 is 6.21 Å². The molecule has 0 aliphatic carbocycles. The van der Waals surface area contributed by atoms with E-state index < -0.39 is 0 Å². The quantitative estimate of drug-likeness (QED) is 0.618. The Bertz CT molecular complexity index is 188. The first-order chi connectivity index (χ1) is 5.04. The number of aliphatic imine (C=N–C) groups is 1. The van der Waals surface area contributed by atoms with Gasteiger partial charge in [0.05, 0.1) is 0 Å². The molecule has 0 aromatic heterocycles. The minimum Gasteiger partial charge on any atom is -0.401 e. The molecule has 0 aliphatic rings. The third kappa shape index (κ3) is 5.40. The summed E-state index contributed by atoms with van der Waals surface area (Å²) in [6.07, 6.45) is 3.36. The van der Waals surface area contributed by atoms with Crippen LogP contribution in [0.3, 0.4) is 0 Å². The van der Waals surface area contributed by atoms with Gasteiger partial charge in [0.1, 0.15) is 0 Å². The van der Waals surface area contributed by atoms with Crippen molar-refractivity contribution in [1.82, 2.24) is 0 Å². The van der Waals surface area contributed by atoms with Crippen molar-refractivity contribution in [3.63, 3.8) is 0 Å². The van der Waals surface area contributed by atoms with E-state index in [0.29, 0.717) is 5.92 Å². The van der Waals surface area contributed by atoms with Gasteiger partial charge in [-0.3, -0.25) is 4.99 Å². The predicted molar refractivity (Wildman–Crippen MR) is 50.4 cm³/mol. The molecule has 0 fully saturated rings. The molecular formula is C9H16N2. The summed E-state index contributed by atoms with van der Waals surface area (Å²) in [4.78, 5) is 3.98. The van der Waals surface area contributed by atoms with Crippen molar-refractivity contribution in [3.8, 4) is 0 Å². The molecule has 11 heavy (non-hydrogen) atoms. The lowest BCUT2D eigenvalue weighted by Gasteiger charge is -2.00. The molecule has 0 bridgehead atoms. The maximum absolute atomic E-state index is 5.62. The van der Waals surface area contributed by atoms with E-state index >= 15 is 0 Å². The number of nitrogens with two attached hydrogens (primary N) is 1. The highest BCUT2D eigenvalue weighted by atomic mass is 14.7. The molecule has 2 N–H and O–H groups in total. The average molecular weight is 152 g/mol. The Morgan fingerprint density at radius 2 is 2.09 bits per heavy atom. The molecule has 0 aliphatic heterocycles. The molecule has 0 aromatic carbocycles. The van der Waals surface area contributed by atoms with Gasteiger partial charge in [0.25, 0.3) is 0 Å². The van der Waals surface area contributed by atoms with Crippen LogP contribution in [0.5, 0.6) is 0 Å². The number of hydrogen-bond acceptors (Lipinski definition) is 2. The second-order valence-electron chi connectivity index (χ2n) is 2.91. The second-order valence-corrected chi connectivity index (χ2v) is 2.91. The van der Waals surface area contributed by atoms with E-state index in [1.54, 1.807) is 12.4 Å². The second kappa shape index (κ2) is 4.72. The van der Waals surface area contributed by atoms with Crippen LogP contribution in [-0.2, 0) is 0 Å². The molecule has 0 atom stereocenters. The topological polar surface area (TPSA) is 38.4 Å². The molecule has 2 nitrogen and oxygen atoms in total. The van der Waals surface area contributed by atoms with Crippen LogP contribution in [0.25, 0.3) is 0 Å². The summed E-state index contributed by atoms with van der Waals surface area (Å²) in [7, 11) is 0. The molecule has 0 aromatic rings. The van der Waals surface area contributed by atoms with E-state index in [2.05, 4.69) is 11.6 Å². The first-order valence-electron chi connectivity index (χ1n) is 3.68. The summed E-state index contributed by atoms with van der Waals surface area (Å²) in [5, 5.41) is 0. The normalized spacial score (nSPS) is 12.9. The largest absolute Gasteiger partial charge is 0.401 e. The van der Waals surface area contributed by atoms with Gasteiger partial charge in [-0.1, -0.05) is 20.4 Å². The van der Waals surface area contributed by atoms with E-state index in [-0.39, 0.29) is 0 Å². The molecule has 0 saturated carbocycles. The Morgan fingerprint density at radius 3 is 2.45 bits per heavy atom. The molecule has 0 heterocycles. The van der Waals surface area contributed by atoms with Crippen LogP contribution in [0.1, 0.15) is 20.8 Å². The molecule has 0 spiro atoms. The lowest BCUT2D eigenvalue weighted by atomic mass is 10.2. The molecule has 2 heteroatoms. The fourth-order valence-corrected chi connectivity index (χ4v) is 0.400. The maximum atomic E-state index is 5.62. The summed E-state index contributed by atoms with van der Waals surface area (Å²) < 4.78 is 0. The highest BCUT2D eigenvalue weighted by Gasteiger charge is 1.93. The molecular weight excluding hydrogens is 136 g/mol. The van der Waals surface area contributed by atoms with Gasteiger partial charge in [-0.2, -0.15) is 0 Å². The fraction of sp³-hybridized carbons (Fsp3) is 0.444. The average Bonchev–Trinajstić information content (AvgIpc) is 1.86. The van der Waals surface area contributed by atoms with Crippen LogP contribution in [0, 0.1) is 5.92 Å². The number of rotatable bonds is 3. The zero-order valence-electron chi connectivity index (χ0n) is 7.46. The van der Waals surface area contributed by atoms with Gasteiger partial charge in [-0.05, 0) is 18.4 Å². The van der Waals surface area contributed by atoms with Crippen molar-refractivity contribution in [3.05, 3.63) is 24.0 Å². The van der Waals surface area contributed by atoms with E-state index in [1.165, 1.54) is 0 Å². The minimum atomic E-state index is 0.359. The Hall–Kier alpha value is -1.05. The Morgan fingerprint density at radius 1 is 1.55 bits per heavy atom. The first kappa shape index (κ1) is 9.95. The summed E-state index contributed by atoms with van der Waals surface area (Å²) in [5.41, 5.74) is 7.34. The molecule has 62 valence electrons. The van der Waals surface area contributed by atoms with Crippen molar-refractivity contribution in [2.75, 3.05) is 0 Å². The Balaban J connectivity index is 4.01.